The lowest BCUT2D eigenvalue weighted by Gasteiger charge is -2.36. The molecule has 4 fully saturated rings. The number of amides is 4. The van der Waals surface area contributed by atoms with Crippen molar-refractivity contribution in [2.45, 2.75) is 98.6 Å². The van der Waals surface area contributed by atoms with Gasteiger partial charge >= 0.3 is 24.4 Å². The summed E-state index contributed by atoms with van der Waals surface area (Å²) < 4.78 is 21.3. The molecule has 4 saturated heterocycles. The number of carbonyl (C=O) groups excluding carboxylic acids is 6. The van der Waals surface area contributed by atoms with Crippen LogP contribution < -0.4 is 5.32 Å². The Bertz CT molecular complexity index is 1890. The molecule has 17 nitrogen and oxygen atoms in total. The van der Waals surface area contributed by atoms with E-state index < -0.39 is 11.2 Å². The number of hydrogen-bond donors (Lipinski definition) is 1. The summed E-state index contributed by atoms with van der Waals surface area (Å²) in [4.78, 5) is 81.1. The van der Waals surface area contributed by atoms with Crippen molar-refractivity contribution in [3.63, 3.8) is 0 Å². The van der Waals surface area contributed by atoms with Gasteiger partial charge in [0.15, 0.2) is 0 Å². The van der Waals surface area contributed by atoms with Gasteiger partial charge in [-0.15, -0.1) is 0 Å². The summed E-state index contributed by atoms with van der Waals surface area (Å²) in [6.07, 6.45) is 1.71. The molecule has 0 radical (unpaired) electrons. The lowest BCUT2D eigenvalue weighted by Crippen LogP contribution is -2.51. The molecule has 0 aromatic heterocycles. The van der Waals surface area contributed by atoms with E-state index in [2.05, 4.69) is 26.1 Å². The lowest BCUT2D eigenvalue weighted by molar-refractivity contribution is -0.126. The Kier molecular flexibility index (Phi) is 24.8. The minimum absolute atomic E-state index is 0.0254. The molecular formula is C50H74BrN7O10. The third kappa shape index (κ3) is 22.2. The molecular weight excluding hydrogens is 938 g/mol. The van der Waals surface area contributed by atoms with Gasteiger partial charge in [-0.3, -0.25) is 14.5 Å². The van der Waals surface area contributed by atoms with Crippen LogP contribution in [0.1, 0.15) is 85.3 Å². The second kappa shape index (κ2) is 29.6. The van der Waals surface area contributed by atoms with E-state index in [4.69, 9.17) is 24.2 Å². The molecule has 68 heavy (non-hydrogen) atoms. The number of nitriles is 1. The number of piperidine rings is 2. The molecule has 1 N–H and O–H groups in total. The van der Waals surface area contributed by atoms with E-state index >= 15 is 0 Å². The number of carbonyl (C=O) groups is 6. The van der Waals surface area contributed by atoms with Crippen molar-refractivity contribution in [3.8, 4) is 6.07 Å². The Morgan fingerprint density at radius 3 is 1.29 bits per heavy atom. The maximum atomic E-state index is 12.8. The van der Waals surface area contributed by atoms with E-state index in [9.17, 15) is 28.8 Å². The van der Waals surface area contributed by atoms with Crippen LogP contribution in [-0.4, -0.2) is 162 Å². The standard InChI is InChI=1S/C24H35N3O5.C12H20BrNO3.C12H16N2O2.C2H3N/c1-24(2,3)32-23(30)26-11-9-20(10-12-26)21(28)17-25-13-15-27(16-14-25)22(29)31-18-19-7-5-4-6-8-19;1-12(2,3)17-11(16)14-6-4-9(5-7-14)10(15)8-13;15-12(14-8-6-13-7-9-14)16-10-11-4-2-1-3-5-11;1-2-3/h4-8,20H,9-18H2,1-3H3;9H,4-8H2,1-3H3;1-5,13H,6-10H2;1H3. The fourth-order valence-electron chi connectivity index (χ4n) is 7.44. The van der Waals surface area contributed by atoms with Gasteiger partial charge in [0, 0.05) is 97.3 Å². The van der Waals surface area contributed by atoms with Gasteiger partial charge in [-0.05, 0) is 78.4 Å². The minimum Gasteiger partial charge on any atom is -0.445 e. The molecule has 0 saturated carbocycles. The molecule has 4 amide bonds. The molecule has 6 rings (SSSR count). The average Bonchev–Trinajstić information content (AvgIpc) is 3.33. The Morgan fingerprint density at radius 1 is 0.574 bits per heavy atom. The normalized spacial score (nSPS) is 17.0. The van der Waals surface area contributed by atoms with Gasteiger partial charge < -0.3 is 43.9 Å². The molecule has 18 heteroatoms. The summed E-state index contributed by atoms with van der Waals surface area (Å²) in [6.45, 7) is 21.4. The number of likely N-dealkylation sites (tertiary alicyclic amines) is 2. The fraction of sp³-hybridized carbons (Fsp3) is 0.620. The fourth-order valence-corrected chi connectivity index (χ4v) is 7.89. The summed E-state index contributed by atoms with van der Waals surface area (Å²) in [7, 11) is 0. The molecule has 0 spiro atoms. The molecule has 4 aliphatic heterocycles. The summed E-state index contributed by atoms with van der Waals surface area (Å²) in [5.74, 6) is 0.512. The maximum absolute atomic E-state index is 12.8. The summed E-state index contributed by atoms with van der Waals surface area (Å²) >= 11 is 3.18. The van der Waals surface area contributed by atoms with E-state index in [-0.39, 0.29) is 54.4 Å². The van der Waals surface area contributed by atoms with Crippen LogP contribution in [0.5, 0.6) is 0 Å². The number of ketones is 2. The highest BCUT2D eigenvalue weighted by molar-refractivity contribution is 9.09. The van der Waals surface area contributed by atoms with Crippen LogP contribution >= 0.6 is 15.9 Å². The van der Waals surface area contributed by atoms with E-state index in [1.165, 1.54) is 6.92 Å². The van der Waals surface area contributed by atoms with E-state index in [0.717, 1.165) is 50.1 Å². The molecule has 0 aliphatic carbocycles. The zero-order valence-electron chi connectivity index (χ0n) is 41.2. The van der Waals surface area contributed by atoms with E-state index in [1.54, 1.807) is 25.7 Å². The first kappa shape index (κ1) is 57.1. The highest BCUT2D eigenvalue weighted by Crippen LogP contribution is 2.23. The van der Waals surface area contributed by atoms with Gasteiger partial charge in [-0.25, -0.2) is 19.2 Å². The molecule has 0 atom stereocenters. The van der Waals surface area contributed by atoms with Gasteiger partial charge in [-0.2, -0.15) is 5.26 Å². The van der Waals surface area contributed by atoms with Crippen molar-refractivity contribution in [1.82, 2.24) is 29.8 Å². The third-order valence-electron chi connectivity index (χ3n) is 11.1. The predicted molar refractivity (Wildman–Crippen MR) is 262 cm³/mol. The van der Waals surface area contributed by atoms with Crippen molar-refractivity contribution in [2.75, 3.05) is 90.4 Å². The maximum Gasteiger partial charge on any atom is 0.410 e. The largest absolute Gasteiger partial charge is 0.445 e. The Hall–Kier alpha value is -5.25. The topological polar surface area (TPSA) is 191 Å². The highest BCUT2D eigenvalue weighted by Gasteiger charge is 2.32. The van der Waals surface area contributed by atoms with Crippen molar-refractivity contribution >= 4 is 51.9 Å². The van der Waals surface area contributed by atoms with Crippen molar-refractivity contribution in [3.05, 3.63) is 71.8 Å². The van der Waals surface area contributed by atoms with Crippen LogP contribution in [0.4, 0.5) is 19.2 Å². The van der Waals surface area contributed by atoms with Crippen LogP contribution in [0, 0.1) is 23.2 Å². The summed E-state index contributed by atoms with van der Waals surface area (Å²) in [5.41, 5.74) is 1.01. The number of alkyl halides is 1. The number of halogens is 1. The first-order valence-corrected chi connectivity index (χ1v) is 24.7. The third-order valence-corrected chi connectivity index (χ3v) is 11.7. The molecule has 2 aromatic carbocycles. The van der Waals surface area contributed by atoms with Gasteiger partial charge in [-0.1, -0.05) is 76.6 Å². The average molecular weight is 1010 g/mol. The van der Waals surface area contributed by atoms with Crippen LogP contribution in [0.15, 0.2) is 60.7 Å². The van der Waals surface area contributed by atoms with E-state index in [1.807, 2.05) is 102 Å². The van der Waals surface area contributed by atoms with Gasteiger partial charge in [0.05, 0.1) is 17.9 Å². The van der Waals surface area contributed by atoms with Crippen molar-refractivity contribution in [2.24, 2.45) is 11.8 Å². The molecule has 376 valence electrons. The quantitative estimate of drug-likeness (QED) is 0.192. The van der Waals surface area contributed by atoms with Gasteiger partial charge in [0.2, 0.25) is 0 Å². The van der Waals surface area contributed by atoms with Gasteiger partial charge in [0.1, 0.15) is 36.0 Å². The number of hydrogen-bond acceptors (Lipinski definition) is 13. The number of Topliss-reactive ketones (excluding diaryl/α,β-unsaturated/α-hetero) is 2. The first-order chi connectivity index (χ1) is 32.3. The Morgan fingerprint density at radius 2 is 0.926 bits per heavy atom. The monoisotopic (exact) mass is 1010 g/mol. The Balaban J connectivity index is 0.000000286. The number of piperazine rings is 2. The van der Waals surface area contributed by atoms with Crippen LogP contribution in [0.2, 0.25) is 0 Å². The number of benzene rings is 2. The molecule has 0 unspecified atom stereocenters. The molecule has 4 aliphatic rings. The van der Waals surface area contributed by atoms with E-state index in [0.29, 0.717) is 83.7 Å². The number of nitrogens with one attached hydrogen (secondary N) is 1. The summed E-state index contributed by atoms with van der Waals surface area (Å²) in [6, 6.07) is 21.1. The highest BCUT2D eigenvalue weighted by atomic mass is 79.9. The number of nitrogens with zero attached hydrogens (tertiary/aromatic N) is 6. The van der Waals surface area contributed by atoms with Crippen molar-refractivity contribution in [1.29, 1.82) is 5.26 Å². The van der Waals surface area contributed by atoms with Crippen LogP contribution in [-0.2, 0) is 41.8 Å². The zero-order chi connectivity index (χ0) is 50.1. The number of ether oxygens (including phenoxy) is 4. The smallest absolute Gasteiger partial charge is 0.410 e. The Labute approximate surface area is 411 Å². The van der Waals surface area contributed by atoms with Crippen molar-refractivity contribution < 1.29 is 47.7 Å². The summed E-state index contributed by atoms with van der Waals surface area (Å²) in [5, 5.41) is 10.9. The van der Waals surface area contributed by atoms with Gasteiger partial charge in [0.25, 0.3) is 0 Å². The number of rotatable bonds is 9. The second-order valence-corrected chi connectivity index (χ2v) is 19.4. The molecule has 2 aromatic rings. The molecule has 0 bridgehead atoms. The lowest BCUT2D eigenvalue weighted by atomic mass is 9.92. The second-order valence-electron chi connectivity index (χ2n) is 18.9. The molecule has 4 heterocycles. The van der Waals surface area contributed by atoms with Crippen LogP contribution in [0.3, 0.4) is 0 Å². The SMILES string of the molecule is CC#N.CC(C)(C)OC(=O)N1CCC(C(=O)CBr)CC1.CC(C)(C)OC(=O)N1CCC(C(=O)CN2CCN(C(=O)OCc3ccccc3)CC2)CC1.O=C(OCc1ccccc1)N1CCNCC1. The zero-order valence-corrected chi connectivity index (χ0v) is 42.8. The first-order valence-electron chi connectivity index (χ1n) is 23.5. The van der Waals surface area contributed by atoms with Crippen LogP contribution in [0.25, 0.3) is 0 Å². The predicted octanol–water partition coefficient (Wildman–Crippen LogP) is 7.51. The minimum atomic E-state index is -0.514.